The lowest BCUT2D eigenvalue weighted by molar-refractivity contribution is -0.932. The van der Waals surface area contributed by atoms with Crippen molar-refractivity contribution in [3.05, 3.63) is 0 Å². The number of nitrogens with zero attached hydrogens (tertiary/aromatic N) is 1. The quantitative estimate of drug-likeness (QED) is 0.396. The largest absolute Gasteiger partial charge is 0.311 e. The molecule has 0 bridgehead atoms. The first kappa shape index (κ1) is 11.3. The Morgan fingerprint density at radius 3 is 2.31 bits per heavy atom. The zero-order valence-corrected chi connectivity index (χ0v) is 9.44. The molecule has 0 amide bonds. The molecular formula is C10H23N2S+. The van der Waals surface area contributed by atoms with Crippen LogP contribution in [0.4, 0.5) is 0 Å². The van der Waals surface area contributed by atoms with Gasteiger partial charge in [0.15, 0.2) is 0 Å². The van der Waals surface area contributed by atoms with E-state index in [0.717, 1.165) is 12.4 Å². The van der Waals surface area contributed by atoms with E-state index in [1.165, 1.54) is 56.2 Å². The number of likely N-dealkylation sites (tertiary alicyclic amines) is 1. The summed E-state index contributed by atoms with van der Waals surface area (Å²) < 4.78 is 1.17. The van der Waals surface area contributed by atoms with E-state index in [2.05, 4.69) is 12.6 Å². The maximum absolute atomic E-state index is 5.87. The summed E-state index contributed by atoms with van der Waals surface area (Å²) in [5.74, 6) is 1.02. The summed E-state index contributed by atoms with van der Waals surface area (Å²) in [7, 11) is 0. The van der Waals surface area contributed by atoms with E-state index in [1.807, 2.05) is 0 Å². The molecule has 0 aromatic carbocycles. The van der Waals surface area contributed by atoms with Crippen molar-refractivity contribution < 1.29 is 4.48 Å². The fourth-order valence-electron chi connectivity index (χ4n) is 2.24. The number of nitrogens with two attached hydrogens (primary N) is 1. The first-order valence-electron chi connectivity index (χ1n) is 5.49. The summed E-state index contributed by atoms with van der Waals surface area (Å²) in [6.07, 6.45) is 6.69. The molecule has 0 atom stereocenters. The Kier molecular flexibility index (Phi) is 5.14. The van der Waals surface area contributed by atoms with Gasteiger partial charge >= 0.3 is 0 Å². The van der Waals surface area contributed by atoms with Crippen LogP contribution >= 0.6 is 12.6 Å². The molecule has 13 heavy (non-hydrogen) atoms. The van der Waals surface area contributed by atoms with Crippen LogP contribution in [0.25, 0.3) is 0 Å². The van der Waals surface area contributed by atoms with E-state index in [-0.39, 0.29) is 0 Å². The second-order valence-electron chi connectivity index (χ2n) is 4.19. The van der Waals surface area contributed by atoms with Gasteiger partial charge in [0, 0.05) is 0 Å². The van der Waals surface area contributed by atoms with Gasteiger partial charge < -0.3 is 4.48 Å². The zero-order valence-electron chi connectivity index (χ0n) is 8.54. The standard InChI is InChI=1S/C10H22N2S/c11-10-12(8-4-5-9-13)6-2-1-3-7-12/h1-11H2/p+1. The molecule has 1 rings (SSSR count). The van der Waals surface area contributed by atoms with Crippen LogP contribution in [-0.4, -0.2) is 36.5 Å². The molecule has 2 nitrogen and oxygen atoms in total. The fourth-order valence-corrected chi connectivity index (χ4v) is 2.46. The molecule has 0 aromatic rings. The van der Waals surface area contributed by atoms with Crippen molar-refractivity contribution >= 4 is 12.6 Å². The highest BCUT2D eigenvalue weighted by Gasteiger charge is 2.27. The van der Waals surface area contributed by atoms with E-state index in [0.29, 0.717) is 0 Å². The van der Waals surface area contributed by atoms with Crippen molar-refractivity contribution in [3.8, 4) is 0 Å². The molecule has 0 aliphatic carbocycles. The molecule has 78 valence electrons. The average molecular weight is 203 g/mol. The predicted molar refractivity (Wildman–Crippen MR) is 60.9 cm³/mol. The molecule has 1 saturated heterocycles. The van der Waals surface area contributed by atoms with Gasteiger partial charge in [0.2, 0.25) is 0 Å². The summed E-state index contributed by atoms with van der Waals surface area (Å²) >= 11 is 4.24. The Morgan fingerprint density at radius 2 is 1.77 bits per heavy atom. The summed E-state index contributed by atoms with van der Waals surface area (Å²) in [6, 6.07) is 0. The Balaban J connectivity index is 2.29. The summed E-state index contributed by atoms with van der Waals surface area (Å²) in [6.45, 7) is 4.73. The highest BCUT2D eigenvalue weighted by molar-refractivity contribution is 7.80. The molecule has 0 saturated carbocycles. The van der Waals surface area contributed by atoms with Gasteiger partial charge in [0.25, 0.3) is 0 Å². The molecule has 3 heteroatoms. The average Bonchev–Trinajstić information content (AvgIpc) is 2.20. The Hall–Kier alpha value is 0.270. The van der Waals surface area contributed by atoms with Crippen LogP contribution in [0.5, 0.6) is 0 Å². The maximum atomic E-state index is 5.87. The number of rotatable bonds is 5. The highest BCUT2D eigenvalue weighted by Crippen LogP contribution is 2.18. The van der Waals surface area contributed by atoms with E-state index >= 15 is 0 Å². The number of piperidine rings is 1. The molecule has 0 aromatic heterocycles. The second-order valence-corrected chi connectivity index (χ2v) is 4.63. The van der Waals surface area contributed by atoms with E-state index < -0.39 is 0 Å². The first-order chi connectivity index (χ1) is 6.33. The molecule has 2 N–H and O–H groups in total. The third kappa shape index (κ3) is 3.49. The molecule has 0 unspecified atom stereocenters. The smallest absolute Gasteiger partial charge is 0.130 e. The summed E-state index contributed by atoms with van der Waals surface area (Å²) in [5.41, 5.74) is 5.87. The lowest BCUT2D eigenvalue weighted by atomic mass is 10.1. The van der Waals surface area contributed by atoms with Crippen molar-refractivity contribution in [2.24, 2.45) is 5.73 Å². The van der Waals surface area contributed by atoms with Crippen LogP contribution in [0.3, 0.4) is 0 Å². The van der Waals surface area contributed by atoms with Gasteiger partial charge in [-0.2, -0.15) is 12.6 Å². The Morgan fingerprint density at radius 1 is 1.08 bits per heavy atom. The number of thiol groups is 1. The van der Waals surface area contributed by atoms with Crippen LogP contribution in [0.1, 0.15) is 32.1 Å². The first-order valence-corrected chi connectivity index (χ1v) is 6.12. The van der Waals surface area contributed by atoms with Crippen LogP contribution < -0.4 is 5.73 Å². The highest BCUT2D eigenvalue weighted by atomic mass is 32.1. The summed E-state index contributed by atoms with van der Waals surface area (Å²) in [5, 5.41) is 0. The molecule has 1 fully saturated rings. The number of hydrogen-bond acceptors (Lipinski definition) is 2. The molecular weight excluding hydrogens is 180 g/mol. The predicted octanol–water partition coefficient (Wildman–Crippen LogP) is 1.61. The van der Waals surface area contributed by atoms with E-state index in [4.69, 9.17) is 5.73 Å². The van der Waals surface area contributed by atoms with Gasteiger partial charge in [0.1, 0.15) is 6.67 Å². The monoisotopic (exact) mass is 203 g/mol. The van der Waals surface area contributed by atoms with Gasteiger partial charge in [-0.3, -0.25) is 5.73 Å². The van der Waals surface area contributed by atoms with Crippen molar-refractivity contribution in [1.29, 1.82) is 0 Å². The Labute approximate surface area is 87.5 Å². The minimum atomic E-state index is 0.840. The molecule has 0 radical (unpaired) electrons. The molecule has 1 aliphatic rings. The topological polar surface area (TPSA) is 26.0 Å². The fraction of sp³-hybridized carbons (Fsp3) is 1.00. The third-order valence-electron chi connectivity index (χ3n) is 3.19. The van der Waals surface area contributed by atoms with Crippen molar-refractivity contribution in [3.63, 3.8) is 0 Å². The van der Waals surface area contributed by atoms with Crippen molar-refractivity contribution in [2.75, 3.05) is 32.1 Å². The van der Waals surface area contributed by atoms with Crippen LogP contribution in [0.2, 0.25) is 0 Å². The second kappa shape index (κ2) is 5.89. The van der Waals surface area contributed by atoms with Crippen molar-refractivity contribution in [2.45, 2.75) is 32.1 Å². The zero-order chi connectivity index (χ0) is 9.57. The van der Waals surface area contributed by atoms with Crippen LogP contribution in [-0.2, 0) is 0 Å². The minimum absolute atomic E-state index is 0.840. The van der Waals surface area contributed by atoms with Crippen LogP contribution in [0.15, 0.2) is 0 Å². The van der Waals surface area contributed by atoms with Gasteiger partial charge in [-0.05, 0) is 37.9 Å². The van der Waals surface area contributed by atoms with E-state index in [1.54, 1.807) is 0 Å². The maximum Gasteiger partial charge on any atom is 0.130 e. The molecule has 1 aliphatic heterocycles. The SMILES string of the molecule is NC[N+]1(CCCCS)CCCCC1. The van der Waals surface area contributed by atoms with E-state index in [9.17, 15) is 0 Å². The normalized spacial score (nSPS) is 21.7. The van der Waals surface area contributed by atoms with Gasteiger partial charge in [-0.1, -0.05) is 0 Å². The lowest BCUT2D eigenvalue weighted by Gasteiger charge is -2.40. The minimum Gasteiger partial charge on any atom is -0.311 e. The third-order valence-corrected chi connectivity index (χ3v) is 3.51. The number of hydrogen-bond donors (Lipinski definition) is 2. The van der Waals surface area contributed by atoms with Gasteiger partial charge in [-0.15, -0.1) is 0 Å². The van der Waals surface area contributed by atoms with Gasteiger partial charge in [-0.25, -0.2) is 0 Å². The lowest BCUT2D eigenvalue weighted by Crippen LogP contribution is -2.55. The number of unbranched alkanes of at least 4 members (excludes halogenated alkanes) is 1. The van der Waals surface area contributed by atoms with Crippen LogP contribution in [0, 0.1) is 0 Å². The Bertz CT molecular complexity index is 133. The summed E-state index contributed by atoms with van der Waals surface area (Å²) in [4.78, 5) is 0. The molecule has 0 spiro atoms. The van der Waals surface area contributed by atoms with Crippen molar-refractivity contribution in [1.82, 2.24) is 0 Å². The van der Waals surface area contributed by atoms with Gasteiger partial charge in [0.05, 0.1) is 19.6 Å². The number of quaternary nitrogens is 1. The molecule has 1 heterocycles.